The Labute approximate surface area is 181 Å². The van der Waals surface area contributed by atoms with Gasteiger partial charge in [0.05, 0.1) is 11.4 Å². The molecule has 0 amide bonds. The Morgan fingerprint density at radius 2 is 1.90 bits per heavy atom. The molecule has 0 saturated heterocycles. The third kappa shape index (κ3) is 3.18. The second kappa shape index (κ2) is 7.48. The van der Waals surface area contributed by atoms with Crippen LogP contribution in [-0.2, 0) is 16.4 Å². The van der Waals surface area contributed by atoms with Gasteiger partial charge < -0.3 is 5.73 Å². The SMILES string of the molecule is CCC[n+]1c(N)c(S(=O)(=O)c2ccc(Br)cc2)cc2c(=O)n3cccc(C)c3nc21. The molecule has 0 aliphatic heterocycles. The van der Waals surface area contributed by atoms with Crippen LogP contribution in [0.5, 0.6) is 0 Å². The van der Waals surface area contributed by atoms with Gasteiger partial charge in [0.2, 0.25) is 21.3 Å². The first-order valence-corrected chi connectivity index (χ1v) is 11.7. The summed E-state index contributed by atoms with van der Waals surface area (Å²) in [6.45, 7) is 4.25. The van der Waals surface area contributed by atoms with Crippen molar-refractivity contribution in [1.29, 1.82) is 0 Å². The van der Waals surface area contributed by atoms with Crippen molar-refractivity contribution in [3.05, 3.63) is 69.1 Å². The minimum Gasteiger partial charge on any atom is -0.317 e. The molecule has 3 heterocycles. The molecule has 3 aromatic heterocycles. The Bertz CT molecular complexity index is 1460. The van der Waals surface area contributed by atoms with Crippen LogP contribution >= 0.6 is 15.9 Å². The molecule has 0 bridgehead atoms. The van der Waals surface area contributed by atoms with Crippen molar-refractivity contribution in [2.75, 3.05) is 5.73 Å². The van der Waals surface area contributed by atoms with E-state index in [-0.39, 0.29) is 26.6 Å². The molecule has 2 N–H and O–H groups in total. The van der Waals surface area contributed by atoms with E-state index in [1.165, 1.54) is 22.6 Å². The molecule has 0 aliphatic carbocycles. The Morgan fingerprint density at radius 3 is 2.57 bits per heavy atom. The van der Waals surface area contributed by atoms with Gasteiger partial charge in [-0.2, -0.15) is 0 Å². The van der Waals surface area contributed by atoms with E-state index in [2.05, 4.69) is 20.9 Å². The maximum absolute atomic E-state index is 13.4. The number of halogens is 1. The van der Waals surface area contributed by atoms with Crippen molar-refractivity contribution in [3.8, 4) is 0 Å². The van der Waals surface area contributed by atoms with Crippen LogP contribution in [-0.4, -0.2) is 17.8 Å². The summed E-state index contributed by atoms with van der Waals surface area (Å²) in [5.74, 6) is 0.0668. The molecule has 1 aromatic carbocycles. The summed E-state index contributed by atoms with van der Waals surface area (Å²) in [5.41, 5.74) is 7.74. The van der Waals surface area contributed by atoms with Crippen LogP contribution in [0.1, 0.15) is 18.9 Å². The third-order valence-electron chi connectivity index (χ3n) is 5.00. The molecule has 154 valence electrons. The van der Waals surface area contributed by atoms with E-state index in [0.717, 1.165) is 10.0 Å². The van der Waals surface area contributed by atoms with Gasteiger partial charge in [-0.25, -0.2) is 13.0 Å². The van der Waals surface area contributed by atoms with Gasteiger partial charge in [-0.3, -0.25) is 9.20 Å². The quantitative estimate of drug-likeness (QED) is 0.352. The number of rotatable bonds is 4. The molecule has 4 aromatic rings. The molecule has 0 spiro atoms. The van der Waals surface area contributed by atoms with Gasteiger partial charge in [-0.1, -0.05) is 33.9 Å². The fourth-order valence-corrected chi connectivity index (χ4v) is 5.16. The molecule has 0 atom stereocenters. The van der Waals surface area contributed by atoms with E-state index in [0.29, 0.717) is 24.3 Å². The van der Waals surface area contributed by atoms with E-state index in [9.17, 15) is 13.2 Å². The summed E-state index contributed by atoms with van der Waals surface area (Å²) in [6, 6.07) is 11.3. The zero-order valence-corrected chi connectivity index (χ0v) is 18.9. The van der Waals surface area contributed by atoms with Crippen LogP contribution < -0.4 is 15.9 Å². The molecule has 0 aliphatic rings. The molecule has 0 fully saturated rings. The van der Waals surface area contributed by atoms with Crippen LogP contribution in [0.2, 0.25) is 0 Å². The second-order valence-electron chi connectivity index (χ2n) is 7.04. The van der Waals surface area contributed by atoms with Crippen molar-refractivity contribution in [2.45, 2.75) is 36.6 Å². The molecular formula is C21H20BrN4O3S+. The largest absolute Gasteiger partial charge is 0.317 e. The number of sulfone groups is 1. The number of benzene rings is 1. The van der Waals surface area contributed by atoms with Gasteiger partial charge in [0.1, 0.15) is 10.3 Å². The molecule has 30 heavy (non-hydrogen) atoms. The number of pyridine rings is 2. The number of aromatic nitrogens is 3. The first kappa shape index (κ1) is 20.5. The minimum atomic E-state index is -3.94. The highest BCUT2D eigenvalue weighted by Gasteiger charge is 2.29. The number of hydrogen-bond acceptors (Lipinski definition) is 5. The summed E-state index contributed by atoms with van der Waals surface area (Å²) in [5, 5.41) is 0.205. The highest BCUT2D eigenvalue weighted by Crippen LogP contribution is 2.27. The molecule has 0 saturated carbocycles. The van der Waals surface area contributed by atoms with Gasteiger partial charge in [0.25, 0.3) is 11.2 Å². The summed E-state index contributed by atoms with van der Waals surface area (Å²) in [6.07, 6.45) is 2.32. The fraction of sp³-hybridized carbons (Fsp3) is 0.190. The van der Waals surface area contributed by atoms with E-state index >= 15 is 0 Å². The predicted octanol–water partition coefficient (Wildman–Crippen LogP) is 3.03. The average Bonchev–Trinajstić information content (AvgIpc) is 2.71. The molecule has 7 nitrogen and oxygen atoms in total. The van der Waals surface area contributed by atoms with Crippen molar-refractivity contribution in [2.24, 2.45) is 0 Å². The third-order valence-corrected chi connectivity index (χ3v) is 7.33. The molecule has 0 unspecified atom stereocenters. The molecule has 4 rings (SSSR count). The fourth-order valence-electron chi connectivity index (χ4n) is 3.49. The lowest BCUT2D eigenvalue weighted by Crippen LogP contribution is -2.41. The number of nitrogens with zero attached hydrogens (tertiary/aromatic N) is 3. The van der Waals surface area contributed by atoms with Crippen LogP contribution in [0.4, 0.5) is 5.82 Å². The number of nitrogen functional groups attached to an aromatic ring is 1. The lowest BCUT2D eigenvalue weighted by Gasteiger charge is -2.12. The second-order valence-corrected chi connectivity index (χ2v) is 9.88. The highest BCUT2D eigenvalue weighted by atomic mass is 79.9. The minimum absolute atomic E-state index is 0.0668. The maximum atomic E-state index is 13.4. The van der Waals surface area contributed by atoms with E-state index < -0.39 is 9.84 Å². The van der Waals surface area contributed by atoms with Gasteiger partial charge in [0, 0.05) is 16.2 Å². The first-order chi connectivity index (χ1) is 14.3. The van der Waals surface area contributed by atoms with E-state index in [1.54, 1.807) is 29.0 Å². The Morgan fingerprint density at radius 1 is 1.20 bits per heavy atom. The van der Waals surface area contributed by atoms with Crippen LogP contribution in [0.3, 0.4) is 0 Å². The van der Waals surface area contributed by atoms with Crippen molar-refractivity contribution < 1.29 is 13.0 Å². The van der Waals surface area contributed by atoms with Crippen LogP contribution in [0.15, 0.2) is 67.7 Å². The van der Waals surface area contributed by atoms with Gasteiger partial charge in [-0.15, -0.1) is 0 Å². The number of nitrogens with two attached hydrogens (primary N) is 1. The monoisotopic (exact) mass is 487 g/mol. The zero-order chi connectivity index (χ0) is 21.6. The first-order valence-electron chi connectivity index (χ1n) is 9.40. The van der Waals surface area contributed by atoms with Crippen molar-refractivity contribution >= 4 is 48.3 Å². The molecule has 0 radical (unpaired) electrons. The summed E-state index contributed by atoms with van der Waals surface area (Å²) in [7, 11) is -3.94. The van der Waals surface area contributed by atoms with Crippen molar-refractivity contribution in [3.63, 3.8) is 0 Å². The van der Waals surface area contributed by atoms with E-state index in [4.69, 9.17) is 5.73 Å². The van der Waals surface area contributed by atoms with Crippen LogP contribution in [0.25, 0.3) is 16.7 Å². The van der Waals surface area contributed by atoms with Crippen molar-refractivity contribution in [1.82, 2.24) is 9.38 Å². The topological polar surface area (TPSA) is 98.4 Å². The van der Waals surface area contributed by atoms with Gasteiger partial charge in [0.15, 0.2) is 0 Å². The Balaban J connectivity index is 2.13. The standard InChI is InChI=1S/C21H19BrN4O3S/c1-3-10-25-18(23)17(30(28,29)15-8-6-14(22)7-9-15)12-16-20(25)24-19-13(2)5-4-11-26(19)21(16)27/h4-9,11-12,23H,3,10H2,1-2H3/p+1. The Kier molecular flexibility index (Phi) is 5.11. The van der Waals surface area contributed by atoms with Gasteiger partial charge >= 0.3 is 0 Å². The van der Waals surface area contributed by atoms with E-state index in [1.807, 2.05) is 19.9 Å². The summed E-state index contributed by atoms with van der Waals surface area (Å²) in [4.78, 5) is 17.9. The highest BCUT2D eigenvalue weighted by molar-refractivity contribution is 9.10. The lowest BCUT2D eigenvalue weighted by molar-refractivity contribution is -0.660. The molecular weight excluding hydrogens is 468 g/mol. The predicted molar refractivity (Wildman–Crippen MR) is 118 cm³/mol. The number of fused-ring (bicyclic) bond motifs is 2. The maximum Gasteiger partial charge on any atom is 0.278 e. The summed E-state index contributed by atoms with van der Waals surface area (Å²) >= 11 is 3.31. The Hall–Kier alpha value is -2.78. The molecule has 9 heteroatoms. The average molecular weight is 488 g/mol. The van der Waals surface area contributed by atoms with Gasteiger partial charge in [-0.05, 0) is 49.7 Å². The number of anilines is 1. The normalized spacial score (nSPS) is 12.0. The zero-order valence-electron chi connectivity index (χ0n) is 16.5. The summed E-state index contributed by atoms with van der Waals surface area (Å²) < 4.78 is 30.5. The number of aryl methyl sites for hydroxylation is 2. The lowest BCUT2D eigenvalue weighted by atomic mass is 10.2. The van der Waals surface area contributed by atoms with Crippen LogP contribution in [0, 0.1) is 6.92 Å². The smallest absolute Gasteiger partial charge is 0.278 e. The number of hydrogen-bond donors (Lipinski definition) is 1.